The van der Waals surface area contributed by atoms with Crippen molar-refractivity contribution in [3.05, 3.63) is 60.2 Å². The molecule has 0 aliphatic heterocycles. The van der Waals surface area contributed by atoms with Gasteiger partial charge in [-0.25, -0.2) is 4.68 Å². The summed E-state index contributed by atoms with van der Waals surface area (Å²) in [5, 5.41) is 4.14. The molecule has 3 rings (SSSR count). The Morgan fingerprint density at radius 1 is 1.08 bits per heavy atom. The molecule has 0 aliphatic rings. The maximum atomic E-state index is 13.0. The van der Waals surface area contributed by atoms with Gasteiger partial charge >= 0.3 is 6.18 Å². The van der Waals surface area contributed by atoms with E-state index in [1.807, 2.05) is 0 Å². The number of rotatable bonds is 5. The highest BCUT2D eigenvalue weighted by molar-refractivity contribution is 5.65. The summed E-state index contributed by atoms with van der Waals surface area (Å²) in [7, 11) is 1.50. The summed E-state index contributed by atoms with van der Waals surface area (Å²) in [5.41, 5.74) is 0.362. The van der Waals surface area contributed by atoms with Crippen molar-refractivity contribution in [1.29, 1.82) is 0 Å². The number of methoxy groups -OCH3 is 1. The predicted molar refractivity (Wildman–Crippen MR) is 87.2 cm³/mol. The number of halogens is 3. The molecule has 0 N–H and O–H groups in total. The minimum absolute atomic E-state index is 0.0322. The van der Waals surface area contributed by atoms with Gasteiger partial charge in [-0.2, -0.15) is 13.2 Å². The molecule has 8 heteroatoms. The molecule has 0 radical (unpaired) electrons. The standard InChI is InChI=1S/C18H13F3N2O3/c1-25-15-7-3-6-14(9-15)23-16(10-17(22-23)26-11-24)12-4-2-5-13(8-12)18(19,20)21/h2-11H,1H3. The zero-order chi connectivity index (χ0) is 18.7. The number of ether oxygens (including phenoxy) is 2. The van der Waals surface area contributed by atoms with Gasteiger partial charge in [-0.05, 0) is 24.3 Å². The fourth-order valence-corrected chi connectivity index (χ4v) is 2.47. The molecule has 1 heterocycles. The highest BCUT2D eigenvalue weighted by atomic mass is 19.4. The minimum Gasteiger partial charge on any atom is -0.497 e. The van der Waals surface area contributed by atoms with E-state index >= 15 is 0 Å². The average Bonchev–Trinajstić information content (AvgIpc) is 3.05. The molecule has 0 amide bonds. The van der Waals surface area contributed by atoms with Crippen molar-refractivity contribution in [2.24, 2.45) is 0 Å². The third-order valence-electron chi connectivity index (χ3n) is 3.64. The highest BCUT2D eigenvalue weighted by Gasteiger charge is 2.30. The van der Waals surface area contributed by atoms with Crippen LogP contribution in [0.1, 0.15) is 5.56 Å². The van der Waals surface area contributed by atoms with Gasteiger partial charge in [0.1, 0.15) is 5.75 Å². The van der Waals surface area contributed by atoms with E-state index in [1.54, 1.807) is 24.3 Å². The van der Waals surface area contributed by atoms with Crippen LogP contribution in [0.2, 0.25) is 0 Å². The van der Waals surface area contributed by atoms with Gasteiger partial charge in [-0.15, -0.1) is 5.10 Å². The molecule has 0 aliphatic carbocycles. The Balaban J connectivity index is 2.16. The molecule has 0 saturated heterocycles. The maximum absolute atomic E-state index is 13.0. The van der Waals surface area contributed by atoms with Gasteiger partial charge in [0.05, 0.1) is 24.1 Å². The second-order valence-electron chi connectivity index (χ2n) is 5.27. The van der Waals surface area contributed by atoms with Crippen LogP contribution in [0.3, 0.4) is 0 Å². The largest absolute Gasteiger partial charge is 0.497 e. The lowest BCUT2D eigenvalue weighted by atomic mass is 10.1. The lowest BCUT2D eigenvalue weighted by Gasteiger charge is -2.11. The second-order valence-corrected chi connectivity index (χ2v) is 5.27. The Labute approximate surface area is 146 Å². The monoisotopic (exact) mass is 362 g/mol. The van der Waals surface area contributed by atoms with Gasteiger partial charge in [0.25, 0.3) is 6.47 Å². The molecule has 1 aromatic heterocycles. The van der Waals surface area contributed by atoms with Crippen LogP contribution in [0, 0.1) is 0 Å². The summed E-state index contributed by atoms with van der Waals surface area (Å²) in [4.78, 5) is 10.6. The number of hydrogen-bond acceptors (Lipinski definition) is 4. The number of aromatic nitrogens is 2. The summed E-state index contributed by atoms with van der Waals surface area (Å²) in [6, 6.07) is 13.0. The first-order valence-corrected chi connectivity index (χ1v) is 7.45. The van der Waals surface area contributed by atoms with Crippen molar-refractivity contribution in [3.63, 3.8) is 0 Å². The average molecular weight is 362 g/mol. The maximum Gasteiger partial charge on any atom is 0.416 e. The van der Waals surface area contributed by atoms with E-state index in [0.29, 0.717) is 17.1 Å². The summed E-state index contributed by atoms with van der Waals surface area (Å²) in [6.07, 6.45) is -4.47. The Kier molecular flexibility index (Phi) is 4.66. The zero-order valence-electron chi connectivity index (χ0n) is 13.5. The van der Waals surface area contributed by atoms with Crippen molar-refractivity contribution in [2.45, 2.75) is 6.18 Å². The van der Waals surface area contributed by atoms with Crippen LogP contribution in [0.25, 0.3) is 16.9 Å². The van der Waals surface area contributed by atoms with E-state index in [0.717, 1.165) is 12.1 Å². The molecule has 5 nitrogen and oxygen atoms in total. The highest BCUT2D eigenvalue weighted by Crippen LogP contribution is 2.34. The van der Waals surface area contributed by atoms with Gasteiger partial charge in [0.15, 0.2) is 0 Å². The van der Waals surface area contributed by atoms with Crippen LogP contribution in [0.4, 0.5) is 13.2 Å². The first-order chi connectivity index (χ1) is 12.4. The third kappa shape index (κ3) is 3.53. The van der Waals surface area contributed by atoms with Crippen LogP contribution in [-0.4, -0.2) is 23.4 Å². The van der Waals surface area contributed by atoms with Gasteiger partial charge in [0, 0.05) is 17.7 Å². The van der Waals surface area contributed by atoms with E-state index in [1.165, 1.54) is 30.0 Å². The molecule has 0 atom stereocenters. The third-order valence-corrected chi connectivity index (χ3v) is 3.64. The van der Waals surface area contributed by atoms with Crippen molar-refractivity contribution in [2.75, 3.05) is 7.11 Å². The topological polar surface area (TPSA) is 53.4 Å². The SMILES string of the molecule is COc1cccc(-n2nc(OC=O)cc2-c2cccc(C(F)(F)F)c2)c1. The quantitative estimate of drug-likeness (QED) is 0.641. The lowest BCUT2D eigenvalue weighted by molar-refractivity contribution is -0.137. The number of benzene rings is 2. The molecule has 3 aromatic rings. The van der Waals surface area contributed by atoms with Crippen molar-refractivity contribution in [3.8, 4) is 28.6 Å². The first kappa shape index (κ1) is 17.5. The predicted octanol–water partition coefficient (Wildman–Crippen LogP) is 4.10. The summed E-state index contributed by atoms with van der Waals surface area (Å²) in [5.74, 6) is 0.515. The number of carbonyl (C=O) groups excluding carboxylic acids is 1. The molecule has 0 saturated carbocycles. The normalized spacial score (nSPS) is 11.2. The zero-order valence-corrected chi connectivity index (χ0v) is 13.5. The number of nitrogens with zero attached hydrogens (tertiary/aromatic N) is 2. The van der Waals surface area contributed by atoms with Gasteiger partial charge in [0.2, 0.25) is 5.88 Å². The fourth-order valence-electron chi connectivity index (χ4n) is 2.47. The molecule has 26 heavy (non-hydrogen) atoms. The molecule has 2 aromatic carbocycles. The molecule has 0 fully saturated rings. The number of carbonyl (C=O) groups is 1. The molecule has 0 spiro atoms. The van der Waals surface area contributed by atoms with Crippen LogP contribution < -0.4 is 9.47 Å². The fraction of sp³-hybridized carbons (Fsp3) is 0.111. The summed E-state index contributed by atoms with van der Waals surface area (Å²) in [6.45, 7) is 0.203. The molecular formula is C18H13F3N2O3. The second kappa shape index (κ2) is 6.91. The summed E-state index contributed by atoms with van der Waals surface area (Å²) >= 11 is 0. The van der Waals surface area contributed by atoms with Crippen LogP contribution in [0.15, 0.2) is 54.6 Å². The van der Waals surface area contributed by atoms with Gasteiger partial charge < -0.3 is 9.47 Å². The van der Waals surface area contributed by atoms with Crippen molar-refractivity contribution >= 4 is 6.47 Å². The Morgan fingerprint density at radius 3 is 2.54 bits per heavy atom. The Bertz CT molecular complexity index is 935. The number of alkyl halides is 3. The molecule has 0 bridgehead atoms. The van der Waals surface area contributed by atoms with Crippen molar-refractivity contribution in [1.82, 2.24) is 9.78 Å². The van der Waals surface area contributed by atoms with E-state index in [9.17, 15) is 18.0 Å². The van der Waals surface area contributed by atoms with E-state index in [-0.39, 0.29) is 17.9 Å². The van der Waals surface area contributed by atoms with E-state index < -0.39 is 11.7 Å². The summed E-state index contributed by atoms with van der Waals surface area (Å²) < 4.78 is 50.4. The van der Waals surface area contributed by atoms with E-state index in [4.69, 9.17) is 9.47 Å². The van der Waals surface area contributed by atoms with Gasteiger partial charge in [-0.1, -0.05) is 18.2 Å². The van der Waals surface area contributed by atoms with Gasteiger partial charge in [-0.3, -0.25) is 4.79 Å². The molecule has 134 valence electrons. The molecular weight excluding hydrogens is 349 g/mol. The Morgan fingerprint density at radius 2 is 1.85 bits per heavy atom. The van der Waals surface area contributed by atoms with Crippen LogP contribution >= 0.6 is 0 Å². The van der Waals surface area contributed by atoms with Crippen molar-refractivity contribution < 1.29 is 27.4 Å². The van der Waals surface area contributed by atoms with E-state index in [2.05, 4.69) is 5.10 Å². The van der Waals surface area contributed by atoms with Crippen LogP contribution in [-0.2, 0) is 11.0 Å². The molecule has 0 unspecified atom stereocenters. The Hall–Kier alpha value is -3.29. The number of hydrogen-bond donors (Lipinski definition) is 0. The lowest BCUT2D eigenvalue weighted by Crippen LogP contribution is -2.05. The smallest absolute Gasteiger partial charge is 0.416 e. The van der Waals surface area contributed by atoms with Crippen LogP contribution in [0.5, 0.6) is 11.6 Å². The first-order valence-electron chi connectivity index (χ1n) is 7.45. The minimum atomic E-state index is -4.47.